The Hall–Kier alpha value is -2.76. The van der Waals surface area contributed by atoms with Crippen LogP contribution < -0.4 is 28.4 Å². The Kier molecular flexibility index (Phi) is 4.49. The van der Waals surface area contributed by atoms with Crippen molar-refractivity contribution in [3.05, 3.63) is 35.4 Å². The Morgan fingerprint density at radius 3 is 1.27 bits per heavy atom. The number of hydrogen-bond acceptors (Lipinski definition) is 6. The minimum absolute atomic E-state index is 0.169. The highest BCUT2D eigenvalue weighted by molar-refractivity contribution is 5.57. The molecule has 0 fully saturated rings. The van der Waals surface area contributed by atoms with Gasteiger partial charge in [0.2, 0.25) is 0 Å². The number of rotatable bonds is 0. The predicted octanol–water partition coefficient (Wildman–Crippen LogP) is 5.53. The molecule has 2 aromatic rings. The molecule has 33 heavy (non-hydrogen) atoms. The average molecular weight is 453 g/mol. The molecule has 4 aliphatic rings. The van der Waals surface area contributed by atoms with E-state index in [1.54, 1.807) is 0 Å². The molecule has 0 radical (unpaired) electrons. The Balaban J connectivity index is 1.42. The second-order valence-electron chi connectivity index (χ2n) is 10.9. The third kappa shape index (κ3) is 3.46. The number of fused-ring (bicyclic) bond motifs is 4. The normalized spacial score (nSPS) is 23.2. The van der Waals surface area contributed by atoms with E-state index in [4.69, 9.17) is 28.4 Å². The lowest BCUT2D eigenvalue weighted by atomic mass is 9.69. The second kappa shape index (κ2) is 7.12. The van der Waals surface area contributed by atoms with Crippen molar-refractivity contribution < 1.29 is 28.4 Å². The Labute approximate surface area is 195 Å². The van der Waals surface area contributed by atoms with E-state index in [1.165, 1.54) is 0 Å². The fourth-order valence-electron chi connectivity index (χ4n) is 5.77. The highest BCUT2D eigenvalue weighted by atomic mass is 16.7. The summed E-state index contributed by atoms with van der Waals surface area (Å²) in [5, 5.41) is 0. The van der Waals surface area contributed by atoms with Gasteiger partial charge in [-0.25, -0.2) is 0 Å². The highest BCUT2D eigenvalue weighted by Crippen LogP contribution is 2.56. The van der Waals surface area contributed by atoms with Crippen LogP contribution in [-0.2, 0) is 10.8 Å². The van der Waals surface area contributed by atoms with Crippen LogP contribution in [0.25, 0.3) is 0 Å². The molecule has 0 aromatic heterocycles. The van der Waals surface area contributed by atoms with E-state index in [0.29, 0.717) is 26.4 Å². The molecule has 1 spiro atoms. The number of benzene rings is 2. The van der Waals surface area contributed by atoms with Gasteiger partial charge in [0, 0.05) is 59.8 Å². The van der Waals surface area contributed by atoms with E-state index in [1.807, 2.05) is 12.1 Å². The molecule has 6 nitrogen and oxygen atoms in total. The predicted molar refractivity (Wildman–Crippen MR) is 123 cm³/mol. The molecule has 6 heteroatoms. The molecule has 0 atom stereocenters. The van der Waals surface area contributed by atoms with Crippen LogP contribution in [0.5, 0.6) is 34.5 Å². The van der Waals surface area contributed by atoms with Gasteiger partial charge in [-0.15, -0.1) is 0 Å². The standard InChI is InChI=1S/C27H32O6/c1-25(2)15-27(32-19-13-23-21(11-17(19)25)28-7-5-9-30-23)16-26(3,4)18-12-22-24(14-20(18)33-27)31-10-6-8-29-22/h11-14H,5-10,15-16H2,1-4H3. The molecule has 0 saturated carbocycles. The van der Waals surface area contributed by atoms with Gasteiger partial charge in [0.15, 0.2) is 23.0 Å². The van der Waals surface area contributed by atoms with Gasteiger partial charge in [0.25, 0.3) is 5.79 Å². The van der Waals surface area contributed by atoms with Crippen molar-refractivity contribution in [3.8, 4) is 34.5 Å². The summed E-state index contributed by atoms with van der Waals surface area (Å²) in [5.41, 5.74) is 1.92. The molecular formula is C27H32O6. The smallest absolute Gasteiger partial charge is 0.252 e. The first-order chi connectivity index (χ1) is 15.7. The fourth-order valence-corrected chi connectivity index (χ4v) is 5.77. The molecule has 0 unspecified atom stereocenters. The molecule has 0 bridgehead atoms. The third-order valence-electron chi connectivity index (χ3n) is 7.17. The maximum absolute atomic E-state index is 6.73. The van der Waals surface area contributed by atoms with Crippen molar-refractivity contribution in [2.75, 3.05) is 26.4 Å². The van der Waals surface area contributed by atoms with Crippen LogP contribution in [0, 0.1) is 0 Å². The van der Waals surface area contributed by atoms with Gasteiger partial charge < -0.3 is 28.4 Å². The average Bonchev–Trinajstić information content (AvgIpc) is 3.10. The maximum Gasteiger partial charge on any atom is 0.252 e. The molecule has 0 N–H and O–H groups in total. The van der Waals surface area contributed by atoms with Crippen LogP contribution in [0.15, 0.2) is 24.3 Å². The second-order valence-corrected chi connectivity index (χ2v) is 10.9. The minimum Gasteiger partial charge on any atom is -0.490 e. The lowest BCUT2D eigenvalue weighted by molar-refractivity contribution is -0.166. The quantitative estimate of drug-likeness (QED) is 0.524. The maximum atomic E-state index is 6.73. The van der Waals surface area contributed by atoms with Gasteiger partial charge in [-0.1, -0.05) is 27.7 Å². The van der Waals surface area contributed by atoms with Gasteiger partial charge in [-0.2, -0.15) is 0 Å². The molecular weight excluding hydrogens is 420 g/mol. The molecule has 2 aromatic carbocycles. The summed E-state index contributed by atoms with van der Waals surface area (Å²) < 4.78 is 37.3. The Morgan fingerprint density at radius 1 is 0.515 bits per heavy atom. The Morgan fingerprint density at radius 2 is 0.879 bits per heavy atom. The fraction of sp³-hybridized carbons (Fsp3) is 0.556. The van der Waals surface area contributed by atoms with Crippen LogP contribution in [0.4, 0.5) is 0 Å². The van der Waals surface area contributed by atoms with Crippen LogP contribution in [-0.4, -0.2) is 32.2 Å². The van der Waals surface area contributed by atoms with Crippen molar-refractivity contribution in [1.82, 2.24) is 0 Å². The lowest BCUT2D eigenvalue weighted by Crippen LogP contribution is -2.55. The SMILES string of the molecule is CC1(C)CC2(CC(C)(C)c3cc4c(cc3O2)OCCCO4)Oc2cc3c(cc21)OCCCO3. The molecule has 176 valence electrons. The van der Waals surface area contributed by atoms with Crippen LogP contribution in [0.2, 0.25) is 0 Å². The number of hydrogen-bond donors (Lipinski definition) is 0. The first kappa shape index (κ1) is 20.8. The molecule has 0 aliphatic carbocycles. The number of ether oxygens (including phenoxy) is 6. The largest absolute Gasteiger partial charge is 0.490 e. The summed E-state index contributed by atoms with van der Waals surface area (Å²) >= 11 is 0. The van der Waals surface area contributed by atoms with Crippen molar-refractivity contribution >= 4 is 0 Å². The molecule has 0 saturated heterocycles. The van der Waals surface area contributed by atoms with Crippen molar-refractivity contribution in [2.24, 2.45) is 0 Å². The van der Waals surface area contributed by atoms with Crippen molar-refractivity contribution in [2.45, 2.75) is 70.0 Å². The Bertz CT molecular complexity index is 1010. The van der Waals surface area contributed by atoms with E-state index in [2.05, 4.69) is 39.8 Å². The molecule has 4 aliphatic heterocycles. The topological polar surface area (TPSA) is 55.4 Å². The summed E-state index contributed by atoms with van der Waals surface area (Å²) in [4.78, 5) is 0. The minimum atomic E-state index is -0.785. The van der Waals surface area contributed by atoms with Gasteiger partial charge in [0.05, 0.1) is 26.4 Å². The van der Waals surface area contributed by atoms with E-state index >= 15 is 0 Å². The summed E-state index contributed by atoms with van der Waals surface area (Å²) in [6, 6.07) is 8.16. The zero-order valence-corrected chi connectivity index (χ0v) is 19.9. The van der Waals surface area contributed by atoms with E-state index in [0.717, 1.165) is 71.3 Å². The highest BCUT2D eigenvalue weighted by Gasteiger charge is 2.53. The first-order valence-electron chi connectivity index (χ1n) is 12.0. The van der Waals surface area contributed by atoms with Crippen LogP contribution in [0.1, 0.15) is 64.5 Å². The van der Waals surface area contributed by atoms with Gasteiger partial charge in [-0.3, -0.25) is 0 Å². The summed E-state index contributed by atoms with van der Waals surface area (Å²) in [7, 11) is 0. The van der Waals surface area contributed by atoms with E-state index < -0.39 is 5.79 Å². The third-order valence-corrected chi connectivity index (χ3v) is 7.17. The molecule has 6 rings (SSSR count). The molecule has 0 amide bonds. The van der Waals surface area contributed by atoms with Crippen molar-refractivity contribution in [1.29, 1.82) is 0 Å². The van der Waals surface area contributed by atoms with Crippen LogP contribution in [0.3, 0.4) is 0 Å². The van der Waals surface area contributed by atoms with Gasteiger partial charge in [0.1, 0.15) is 11.5 Å². The monoisotopic (exact) mass is 452 g/mol. The first-order valence-corrected chi connectivity index (χ1v) is 12.0. The zero-order chi connectivity index (χ0) is 22.8. The van der Waals surface area contributed by atoms with Gasteiger partial charge in [-0.05, 0) is 12.1 Å². The van der Waals surface area contributed by atoms with Gasteiger partial charge >= 0.3 is 0 Å². The lowest BCUT2D eigenvalue weighted by Gasteiger charge is -2.51. The summed E-state index contributed by atoms with van der Waals surface area (Å²) in [5.74, 6) is 3.92. The van der Waals surface area contributed by atoms with E-state index in [9.17, 15) is 0 Å². The molecule has 4 heterocycles. The summed E-state index contributed by atoms with van der Waals surface area (Å²) in [6.07, 6.45) is 3.20. The van der Waals surface area contributed by atoms with E-state index in [-0.39, 0.29) is 10.8 Å². The van der Waals surface area contributed by atoms with Crippen LogP contribution >= 0.6 is 0 Å². The summed E-state index contributed by atoms with van der Waals surface area (Å²) in [6.45, 7) is 11.6. The van der Waals surface area contributed by atoms with Crippen molar-refractivity contribution in [3.63, 3.8) is 0 Å². The zero-order valence-electron chi connectivity index (χ0n) is 19.9.